The third kappa shape index (κ3) is 3.25. The van der Waals surface area contributed by atoms with E-state index in [0.717, 1.165) is 0 Å². The molecule has 0 saturated heterocycles. The molecule has 0 atom stereocenters. The Kier molecular flexibility index (Phi) is 4.14. The fourth-order valence-electron chi connectivity index (χ4n) is 1.23. The summed E-state index contributed by atoms with van der Waals surface area (Å²) in [4.78, 5) is 24.9. The zero-order chi connectivity index (χ0) is 12.8. The number of hydrogen-bond acceptors (Lipinski definition) is 3. The minimum absolute atomic E-state index is 0.193. The van der Waals surface area contributed by atoms with E-state index in [2.05, 4.69) is 14.8 Å². The predicted octanol–water partition coefficient (Wildman–Crippen LogP) is 0.837. The molecule has 0 aliphatic rings. The number of nitrogens with one attached hydrogen (secondary N) is 1. The third-order valence-electron chi connectivity index (χ3n) is 1.96. The van der Waals surface area contributed by atoms with Gasteiger partial charge in [-0.15, -0.1) is 0 Å². The smallest absolute Gasteiger partial charge is 0.422 e. The van der Waals surface area contributed by atoms with Gasteiger partial charge in [0.25, 0.3) is 0 Å². The molecule has 0 bridgehead atoms. The molecule has 0 aliphatic heterocycles. The summed E-state index contributed by atoms with van der Waals surface area (Å²) in [6.45, 7) is 1.39. The average Bonchev–Trinajstić information content (AvgIpc) is 2.31. The molecule has 0 aliphatic carbocycles. The molecule has 0 radical (unpaired) electrons. The number of amides is 1. The molecule has 1 amide bonds. The van der Waals surface area contributed by atoms with Gasteiger partial charge in [-0.3, -0.25) is 4.79 Å². The topological polar surface area (TPSA) is 91.8 Å². The number of carbonyl (C=O) groups excluding carboxylic acids is 2. The van der Waals surface area contributed by atoms with Crippen LogP contribution in [-0.2, 0) is 14.3 Å². The van der Waals surface area contributed by atoms with Gasteiger partial charge in [-0.1, -0.05) is 0 Å². The molecule has 1 rings (SSSR count). The molecule has 1 aromatic rings. The second-order valence-electron chi connectivity index (χ2n) is 3.20. The van der Waals surface area contributed by atoms with Gasteiger partial charge in [-0.05, 0) is 24.3 Å². The molecule has 0 heterocycles. The number of rotatable bonds is 3. The molecule has 0 aromatic heterocycles. The summed E-state index contributed by atoms with van der Waals surface area (Å²) in [6.07, 6.45) is 0. The van der Waals surface area contributed by atoms with Gasteiger partial charge in [0.1, 0.15) is 0 Å². The number of anilines is 1. The minimum atomic E-state index is -0.736. The van der Waals surface area contributed by atoms with E-state index >= 15 is 0 Å². The molecule has 0 fully saturated rings. The Morgan fingerprint density at radius 3 is 2.29 bits per heavy atom. The maximum absolute atomic E-state index is 11.2. The van der Waals surface area contributed by atoms with E-state index in [1.54, 1.807) is 12.1 Å². The monoisotopic (exact) mass is 233 g/mol. The van der Waals surface area contributed by atoms with Crippen LogP contribution in [0.25, 0.3) is 5.53 Å². The van der Waals surface area contributed by atoms with Crippen LogP contribution in [0.15, 0.2) is 24.3 Å². The maximum atomic E-state index is 11.2. The maximum Gasteiger partial charge on any atom is 0.422 e. The first-order valence-electron chi connectivity index (χ1n) is 4.77. The fourth-order valence-corrected chi connectivity index (χ4v) is 1.23. The Labute approximate surface area is 97.8 Å². The van der Waals surface area contributed by atoms with Crippen molar-refractivity contribution in [3.63, 3.8) is 0 Å². The first-order valence-corrected chi connectivity index (χ1v) is 4.77. The number of benzene rings is 1. The summed E-state index contributed by atoms with van der Waals surface area (Å²) in [5.74, 6) is -0.929. The second kappa shape index (κ2) is 5.58. The van der Waals surface area contributed by atoms with E-state index in [1.165, 1.54) is 26.2 Å². The van der Waals surface area contributed by atoms with Gasteiger partial charge in [-0.25, -0.2) is 4.79 Å². The van der Waals surface area contributed by atoms with E-state index in [4.69, 9.17) is 5.53 Å². The summed E-state index contributed by atoms with van der Waals surface area (Å²) in [5.41, 5.74) is 9.50. The van der Waals surface area contributed by atoms with Crippen molar-refractivity contribution in [2.75, 3.05) is 12.4 Å². The molecule has 88 valence electrons. The number of methoxy groups -OCH3 is 1. The number of ether oxygens (including phenoxy) is 1. The predicted molar refractivity (Wildman–Crippen MR) is 60.5 cm³/mol. The van der Waals surface area contributed by atoms with E-state index in [0.29, 0.717) is 11.3 Å². The Balaban J connectivity index is 2.97. The van der Waals surface area contributed by atoms with Crippen LogP contribution in [0.3, 0.4) is 0 Å². The van der Waals surface area contributed by atoms with Gasteiger partial charge < -0.3 is 15.6 Å². The summed E-state index contributed by atoms with van der Waals surface area (Å²) >= 11 is 0. The van der Waals surface area contributed by atoms with Gasteiger partial charge in [0, 0.05) is 12.6 Å². The van der Waals surface area contributed by atoms with Crippen molar-refractivity contribution < 1.29 is 19.1 Å². The summed E-state index contributed by atoms with van der Waals surface area (Å²) < 4.78 is 4.45. The highest BCUT2D eigenvalue weighted by atomic mass is 16.5. The molecule has 6 heteroatoms. The van der Waals surface area contributed by atoms with Gasteiger partial charge in [0.2, 0.25) is 5.91 Å². The first-order chi connectivity index (χ1) is 8.08. The van der Waals surface area contributed by atoms with Crippen molar-refractivity contribution in [1.29, 1.82) is 0 Å². The lowest BCUT2D eigenvalue weighted by Crippen LogP contribution is -2.18. The van der Waals surface area contributed by atoms with Crippen LogP contribution < -0.4 is 5.32 Å². The van der Waals surface area contributed by atoms with Crippen molar-refractivity contribution in [2.45, 2.75) is 6.92 Å². The molecular formula is C11H11N3O3. The first kappa shape index (κ1) is 12.6. The van der Waals surface area contributed by atoms with Crippen molar-refractivity contribution >= 4 is 23.3 Å². The molecule has 0 unspecified atom stereocenters. The second-order valence-corrected chi connectivity index (χ2v) is 3.20. The van der Waals surface area contributed by atoms with Crippen LogP contribution in [0.5, 0.6) is 0 Å². The lowest BCUT2D eigenvalue weighted by atomic mass is 10.1. The van der Waals surface area contributed by atoms with Gasteiger partial charge in [0.05, 0.1) is 12.7 Å². The molecule has 6 nitrogen and oxygen atoms in total. The fraction of sp³-hybridized carbons (Fsp3) is 0.182. The Bertz CT molecular complexity index is 487. The van der Waals surface area contributed by atoms with Crippen LogP contribution in [0.1, 0.15) is 12.5 Å². The van der Waals surface area contributed by atoms with Crippen molar-refractivity contribution in [3.8, 4) is 0 Å². The molecule has 0 saturated carbocycles. The number of carbonyl (C=O) groups is 2. The van der Waals surface area contributed by atoms with Gasteiger partial charge >= 0.3 is 11.7 Å². The lowest BCUT2D eigenvalue weighted by Gasteiger charge is -2.01. The zero-order valence-electron chi connectivity index (χ0n) is 9.43. The highest BCUT2D eigenvalue weighted by molar-refractivity contribution is 6.40. The average molecular weight is 233 g/mol. The van der Waals surface area contributed by atoms with Gasteiger partial charge in [0.15, 0.2) is 0 Å². The van der Waals surface area contributed by atoms with Crippen LogP contribution in [-0.4, -0.2) is 29.5 Å². The van der Waals surface area contributed by atoms with E-state index < -0.39 is 5.97 Å². The summed E-state index contributed by atoms with van der Waals surface area (Å²) in [5, 5.41) is 2.57. The zero-order valence-corrected chi connectivity index (χ0v) is 9.43. The Morgan fingerprint density at radius 1 is 1.29 bits per heavy atom. The Morgan fingerprint density at radius 2 is 1.88 bits per heavy atom. The molecular weight excluding hydrogens is 222 g/mol. The van der Waals surface area contributed by atoms with E-state index in [9.17, 15) is 9.59 Å². The SMILES string of the molecule is COC(=O)C(=[N+]=[N-])c1ccc(NC(C)=O)cc1. The van der Waals surface area contributed by atoms with Gasteiger partial charge in [-0.2, -0.15) is 4.79 Å². The standard InChI is InChI=1S/C11H11N3O3/c1-7(15)13-9-5-3-8(4-6-9)10(14-12)11(16)17-2/h3-6H,1-2H3,(H,13,15). The number of nitrogens with zero attached hydrogens (tertiary/aromatic N) is 2. The number of esters is 1. The van der Waals surface area contributed by atoms with Crippen LogP contribution in [0.4, 0.5) is 5.69 Å². The van der Waals surface area contributed by atoms with Crippen LogP contribution in [0, 0.1) is 0 Å². The summed E-state index contributed by atoms with van der Waals surface area (Å²) in [7, 11) is 1.19. The van der Waals surface area contributed by atoms with E-state index in [-0.39, 0.29) is 11.6 Å². The van der Waals surface area contributed by atoms with Crippen molar-refractivity contribution in [1.82, 2.24) is 0 Å². The highest BCUT2D eigenvalue weighted by Gasteiger charge is 2.23. The van der Waals surface area contributed by atoms with Crippen LogP contribution >= 0.6 is 0 Å². The lowest BCUT2D eigenvalue weighted by molar-refractivity contribution is -0.137. The highest BCUT2D eigenvalue weighted by Crippen LogP contribution is 2.10. The molecule has 0 spiro atoms. The minimum Gasteiger partial charge on any atom is -0.460 e. The number of hydrogen-bond donors (Lipinski definition) is 1. The molecule has 1 aromatic carbocycles. The van der Waals surface area contributed by atoms with Crippen LogP contribution in [0.2, 0.25) is 0 Å². The quantitative estimate of drug-likeness (QED) is 0.363. The summed E-state index contributed by atoms with van der Waals surface area (Å²) in [6, 6.07) is 6.25. The van der Waals surface area contributed by atoms with E-state index in [1.807, 2.05) is 0 Å². The Hall–Kier alpha value is -2.46. The third-order valence-corrected chi connectivity index (χ3v) is 1.96. The normalized spacial score (nSPS) is 9.06. The van der Waals surface area contributed by atoms with Crippen molar-refractivity contribution in [2.24, 2.45) is 0 Å². The molecule has 17 heavy (non-hydrogen) atoms. The largest absolute Gasteiger partial charge is 0.460 e. The molecule has 1 N–H and O–H groups in total. The van der Waals surface area contributed by atoms with Crippen molar-refractivity contribution in [3.05, 3.63) is 35.4 Å².